The largest absolute Gasteiger partial charge is 0.497 e. The van der Waals surface area contributed by atoms with Crippen molar-refractivity contribution in [3.63, 3.8) is 0 Å². The van der Waals surface area contributed by atoms with Gasteiger partial charge in [-0.25, -0.2) is 0 Å². The molecule has 0 aliphatic carbocycles. The van der Waals surface area contributed by atoms with Gasteiger partial charge in [0.15, 0.2) is 11.5 Å². The quantitative estimate of drug-likeness (QED) is 0.522. The first-order valence-corrected chi connectivity index (χ1v) is 10.5. The molecule has 0 saturated carbocycles. The number of nitrogens with zero attached hydrogens (tertiary/aromatic N) is 3. The van der Waals surface area contributed by atoms with E-state index in [0.29, 0.717) is 31.1 Å². The first kappa shape index (κ1) is 23.0. The maximum Gasteiger partial charge on any atom is 0.276 e. The van der Waals surface area contributed by atoms with E-state index in [4.69, 9.17) is 9.26 Å². The van der Waals surface area contributed by atoms with Crippen molar-refractivity contribution in [1.29, 1.82) is 0 Å². The van der Waals surface area contributed by atoms with Crippen molar-refractivity contribution in [2.45, 2.75) is 26.8 Å². The summed E-state index contributed by atoms with van der Waals surface area (Å²) in [6, 6.07) is 12.7. The molecule has 0 unspecified atom stereocenters. The lowest BCUT2D eigenvalue weighted by atomic mass is 10.1. The molecule has 3 rings (SSSR count). The number of hydrogen-bond acceptors (Lipinski definition) is 6. The second-order valence-corrected chi connectivity index (χ2v) is 7.84. The van der Waals surface area contributed by atoms with Crippen LogP contribution in [0.2, 0.25) is 0 Å². The van der Waals surface area contributed by atoms with E-state index in [1.54, 1.807) is 30.5 Å². The molecule has 2 aromatic heterocycles. The van der Waals surface area contributed by atoms with E-state index >= 15 is 0 Å². The third kappa shape index (κ3) is 6.41. The van der Waals surface area contributed by atoms with Gasteiger partial charge in [0.05, 0.1) is 7.11 Å². The molecule has 0 aliphatic heterocycles. The van der Waals surface area contributed by atoms with E-state index in [-0.39, 0.29) is 29.8 Å². The number of carbonyl (C=O) groups excluding carboxylic acids is 2. The van der Waals surface area contributed by atoms with Crippen molar-refractivity contribution in [2.24, 2.45) is 5.92 Å². The molecular weight excluding hydrogens is 408 g/mol. The predicted molar refractivity (Wildman–Crippen MR) is 120 cm³/mol. The Morgan fingerprint density at radius 3 is 2.66 bits per heavy atom. The number of pyridine rings is 1. The van der Waals surface area contributed by atoms with E-state index in [2.05, 4.69) is 15.5 Å². The van der Waals surface area contributed by atoms with E-state index in [9.17, 15) is 9.59 Å². The minimum absolute atomic E-state index is 0.124. The maximum absolute atomic E-state index is 13.1. The van der Waals surface area contributed by atoms with E-state index in [1.165, 1.54) is 0 Å². The molecule has 32 heavy (non-hydrogen) atoms. The second kappa shape index (κ2) is 11.1. The minimum atomic E-state index is -0.265. The van der Waals surface area contributed by atoms with Crippen LogP contribution in [-0.2, 0) is 11.3 Å². The summed E-state index contributed by atoms with van der Waals surface area (Å²) in [6.07, 6.45) is 3.56. The lowest BCUT2D eigenvalue weighted by Crippen LogP contribution is -2.37. The summed E-state index contributed by atoms with van der Waals surface area (Å²) in [7, 11) is 1.59. The van der Waals surface area contributed by atoms with Gasteiger partial charge in [-0.15, -0.1) is 0 Å². The predicted octanol–water partition coefficient (Wildman–Crippen LogP) is 3.55. The highest BCUT2D eigenvalue weighted by molar-refractivity contribution is 5.93. The average molecular weight is 437 g/mol. The van der Waals surface area contributed by atoms with Gasteiger partial charge in [0, 0.05) is 50.1 Å². The fourth-order valence-electron chi connectivity index (χ4n) is 3.19. The number of ether oxygens (including phenoxy) is 1. The number of aromatic nitrogens is 2. The van der Waals surface area contributed by atoms with E-state index in [1.807, 2.05) is 50.2 Å². The van der Waals surface area contributed by atoms with Crippen LogP contribution >= 0.6 is 0 Å². The van der Waals surface area contributed by atoms with Crippen LogP contribution < -0.4 is 10.1 Å². The first-order chi connectivity index (χ1) is 15.5. The van der Waals surface area contributed by atoms with Gasteiger partial charge < -0.3 is 19.5 Å². The highest BCUT2D eigenvalue weighted by Gasteiger charge is 2.22. The summed E-state index contributed by atoms with van der Waals surface area (Å²) in [6.45, 7) is 5.27. The molecule has 0 fully saturated rings. The molecule has 0 atom stereocenters. The molecule has 1 aromatic carbocycles. The highest BCUT2D eigenvalue weighted by atomic mass is 16.5. The number of rotatable bonds is 10. The number of amides is 2. The normalized spacial score (nSPS) is 10.8. The van der Waals surface area contributed by atoms with Crippen molar-refractivity contribution in [3.05, 3.63) is 66.1 Å². The Balaban J connectivity index is 1.63. The lowest BCUT2D eigenvalue weighted by molar-refractivity contribution is -0.121. The molecule has 1 N–H and O–H groups in total. The Morgan fingerprint density at radius 2 is 1.94 bits per heavy atom. The lowest BCUT2D eigenvalue weighted by Gasteiger charge is -2.23. The van der Waals surface area contributed by atoms with Crippen LogP contribution in [0.1, 0.15) is 36.3 Å². The number of methoxy groups -OCH3 is 1. The Kier molecular flexibility index (Phi) is 7.96. The van der Waals surface area contributed by atoms with Gasteiger partial charge in [-0.1, -0.05) is 31.1 Å². The van der Waals surface area contributed by atoms with E-state index < -0.39 is 0 Å². The Hall–Kier alpha value is -3.68. The van der Waals surface area contributed by atoms with Crippen LogP contribution in [0.5, 0.6) is 5.75 Å². The maximum atomic E-state index is 13.1. The Morgan fingerprint density at radius 1 is 1.16 bits per heavy atom. The van der Waals surface area contributed by atoms with Crippen LogP contribution in [0.3, 0.4) is 0 Å². The van der Waals surface area contributed by atoms with Gasteiger partial charge in [0.1, 0.15) is 5.75 Å². The van der Waals surface area contributed by atoms with Gasteiger partial charge in [0.2, 0.25) is 5.91 Å². The molecule has 0 aliphatic rings. The smallest absolute Gasteiger partial charge is 0.276 e. The molecule has 8 nitrogen and oxygen atoms in total. The highest BCUT2D eigenvalue weighted by Crippen LogP contribution is 2.25. The number of carbonyl (C=O) groups is 2. The molecule has 0 radical (unpaired) electrons. The second-order valence-electron chi connectivity index (χ2n) is 7.84. The third-order valence-electron chi connectivity index (χ3n) is 4.80. The van der Waals surface area contributed by atoms with Gasteiger partial charge >= 0.3 is 0 Å². The van der Waals surface area contributed by atoms with Crippen LogP contribution in [0.15, 0.2) is 59.4 Å². The topological polar surface area (TPSA) is 97.6 Å². The molecule has 2 heterocycles. The van der Waals surface area contributed by atoms with Crippen molar-refractivity contribution in [3.8, 4) is 17.1 Å². The standard InChI is InChI=1S/C24H28N4O4/c1-17(2)16-28(12-9-23(29)26-15-18-7-10-25-11-8-18)24(30)21-14-22(32-27-21)19-5-4-6-20(13-19)31-3/h4-8,10-11,13-14,17H,9,12,15-16H2,1-3H3,(H,26,29). The van der Waals surface area contributed by atoms with Gasteiger partial charge in [-0.2, -0.15) is 0 Å². The van der Waals surface area contributed by atoms with Crippen molar-refractivity contribution in [2.75, 3.05) is 20.2 Å². The summed E-state index contributed by atoms with van der Waals surface area (Å²) < 4.78 is 10.6. The zero-order valence-electron chi connectivity index (χ0n) is 18.6. The van der Waals surface area contributed by atoms with Crippen LogP contribution in [0, 0.1) is 5.92 Å². The zero-order chi connectivity index (χ0) is 22.9. The molecule has 2 amide bonds. The fraction of sp³-hybridized carbons (Fsp3) is 0.333. The number of nitrogens with one attached hydrogen (secondary N) is 1. The zero-order valence-corrected chi connectivity index (χ0v) is 18.6. The minimum Gasteiger partial charge on any atom is -0.497 e. The van der Waals surface area contributed by atoms with E-state index in [0.717, 1.165) is 11.1 Å². The molecule has 8 heteroatoms. The SMILES string of the molecule is COc1cccc(-c2cc(C(=O)N(CCC(=O)NCc3ccncc3)CC(C)C)no2)c1. The first-order valence-electron chi connectivity index (χ1n) is 10.5. The molecule has 3 aromatic rings. The van der Waals surface area contributed by atoms with Crippen molar-refractivity contribution in [1.82, 2.24) is 20.4 Å². The van der Waals surface area contributed by atoms with Crippen molar-refractivity contribution < 1.29 is 18.8 Å². The number of hydrogen-bond donors (Lipinski definition) is 1. The molecular formula is C24H28N4O4. The van der Waals surface area contributed by atoms with Gasteiger partial charge in [-0.05, 0) is 35.7 Å². The molecule has 0 spiro atoms. The number of benzene rings is 1. The summed E-state index contributed by atoms with van der Waals surface area (Å²) in [5.41, 5.74) is 1.94. The van der Waals surface area contributed by atoms with Gasteiger partial charge in [0.25, 0.3) is 5.91 Å². The van der Waals surface area contributed by atoms with Gasteiger partial charge in [-0.3, -0.25) is 14.6 Å². The van der Waals surface area contributed by atoms with Crippen LogP contribution in [0.4, 0.5) is 0 Å². The van der Waals surface area contributed by atoms with Crippen LogP contribution in [0.25, 0.3) is 11.3 Å². The Labute approximate surface area is 187 Å². The molecule has 0 bridgehead atoms. The monoisotopic (exact) mass is 436 g/mol. The summed E-state index contributed by atoms with van der Waals surface area (Å²) in [5.74, 6) is 1.01. The van der Waals surface area contributed by atoms with Crippen LogP contribution in [-0.4, -0.2) is 47.1 Å². The third-order valence-corrected chi connectivity index (χ3v) is 4.80. The Bertz CT molecular complexity index is 1030. The molecule has 168 valence electrons. The molecule has 0 saturated heterocycles. The summed E-state index contributed by atoms with van der Waals surface area (Å²) in [5, 5.41) is 6.84. The van der Waals surface area contributed by atoms with Crippen molar-refractivity contribution >= 4 is 11.8 Å². The average Bonchev–Trinajstić information content (AvgIpc) is 3.31. The summed E-state index contributed by atoms with van der Waals surface area (Å²) >= 11 is 0. The fourth-order valence-corrected chi connectivity index (χ4v) is 3.19. The summed E-state index contributed by atoms with van der Waals surface area (Å²) in [4.78, 5) is 31.0.